The van der Waals surface area contributed by atoms with Crippen molar-refractivity contribution in [1.82, 2.24) is 5.32 Å². The fraction of sp³-hybridized carbons (Fsp3) is 0.417. The third kappa shape index (κ3) is 3.76. The standard InChI is InChI=1S/C12H16BrFN2O2/c1-7(11(15)17)16-6-12(2,18)9-4-3-8(13)5-10(9)14/h3-5,7,16,18H,6H2,1-2H3,(H2,15,17)/t7-,12?/m0/s1. The van der Waals surface area contributed by atoms with Crippen molar-refractivity contribution < 1.29 is 14.3 Å². The summed E-state index contributed by atoms with van der Waals surface area (Å²) >= 11 is 3.15. The number of nitrogens with two attached hydrogens (primary N) is 1. The number of rotatable bonds is 5. The Balaban J connectivity index is 2.82. The van der Waals surface area contributed by atoms with Crippen molar-refractivity contribution in [2.75, 3.05) is 6.54 Å². The molecule has 0 aliphatic heterocycles. The Bertz CT molecular complexity index is 452. The van der Waals surface area contributed by atoms with Gasteiger partial charge < -0.3 is 16.2 Å². The van der Waals surface area contributed by atoms with Crippen LogP contribution >= 0.6 is 15.9 Å². The lowest BCUT2D eigenvalue weighted by molar-refractivity contribution is -0.119. The van der Waals surface area contributed by atoms with Crippen molar-refractivity contribution in [2.24, 2.45) is 5.73 Å². The second-order valence-electron chi connectivity index (χ2n) is 4.40. The topological polar surface area (TPSA) is 75.3 Å². The summed E-state index contributed by atoms with van der Waals surface area (Å²) in [5.74, 6) is -1.04. The van der Waals surface area contributed by atoms with Gasteiger partial charge in [-0.15, -0.1) is 0 Å². The van der Waals surface area contributed by atoms with Crippen LogP contribution in [0.25, 0.3) is 0 Å². The monoisotopic (exact) mass is 318 g/mol. The molecule has 6 heteroatoms. The minimum Gasteiger partial charge on any atom is -0.384 e. The maximum absolute atomic E-state index is 13.7. The van der Waals surface area contributed by atoms with Crippen molar-refractivity contribution in [3.8, 4) is 0 Å². The van der Waals surface area contributed by atoms with Crippen LogP contribution in [0.4, 0.5) is 4.39 Å². The molecule has 0 aliphatic carbocycles. The highest BCUT2D eigenvalue weighted by Gasteiger charge is 2.27. The third-order valence-corrected chi connectivity index (χ3v) is 3.18. The predicted molar refractivity (Wildman–Crippen MR) is 70.3 cm³/mol. The molecule has 0 saturated carbocycles. The van der Waals surface area contributed by atoms with Crippen LogP contribution in [0.1, 0.15) is 19.4 Å². The molecule has 18 heavy (non-hydrogen) atoms. The number of halogens is 2. The summed E-state index contributed by atoms with van der Waals surface area (Å²) in [5, 5.41) is 13.0. The first-order chi connectivity index (χ1) is 8.24. The van der Waals surface area contributed by atoms with E-state index in [9.17, 15) is 14.3 Å². The number of primary amides is 1. The van der Waals surface area contributed by atoms with Crippen molar-refractivity contribution in [3.05, 3.63) is 34.1 Å². The van der Waals surface area contributed by atoms with Crippen LogP contribution in [-0.4, -0.2) is 23.6 Å². The van der Waals surface area contributed by atoms with Gasteiger partial charge in [-0.1, -0.05) is 22.0 Å². The van der Waals surface area contributed by atoms with E-state index >= 15 is 0 Å². The van der Waals surface area contributed by atoms with Crippen LogP contribution in [0.5, 0.6) is 0 Å². The lowest BCUT2D eigenvalue weighted by Crippen LogP contribution is -2.45. The van der Waals surface area contributed by atoms with Crippen LogP contribution < -0.4 is 11.1 Å². The normalized spacial score (nSPS) is 16.1. The van der Waals surface area contributed by atoms with E-state index in [1.165, 1.54) is 19.1 Å². The molecule has 0 aliphatic rings. The van der Waals surface area contributed by atoms with E-state index in [2.05, 4.69) is 21.2 Å². The summed E-state index contributed by atoms with van der Waals surface area (Å²) in [6.07, 6.45) is 0. The van der Waals surface area contributed by atoms with E-state index < -0.39 is 23.4 Å². The van der Waals surface area contributed by atoms with E-state index in [1.54, 1.807) is 13.0 Å². The summed E-state index contributed by atoms with van der Waals surface area (Å²) in [4.78, 5) is 10.9. The minimum absolute atomic E-state index is 0.0235. The maximum Gasteiger partial charge on any atom is 0.234 e. The molecule has 0 heterocycles. The van der Waals surface area contributed by atoms with Crippen LogP contribution in [0, 0.1) is 5.82 Å². The molecule has 1 rings (SSSR count). The Morgan fingerprint density at radius 1 is 1.67 bits per heavy atom. The Morgan fingerprint density at radius 2 is 2.28 bits per heavy atom. The summed E-state index contributed by atoms with van der Waals surface area (Å²) in [5.41, 5.74) is 3.83. The van der Waals surface area contributed by atoms with Gasteiger partial charge in [-0.2, -0.15) is 0 Å². The van der Waals surface area contributed by atoms with Crippen LogP contribution in [0.15, 0.2) is 22.7 Å². The zero-order valence-corrected chi connectivity index (χ0v) is 11.8. The lowest BCUT2D eigenvalue weighted by Gasteiger charge is -2.26. The first-order valence-corrected chi connectivity index (χ1v) is 6.24. The molecule has 0 saturated heterocycles. The second kappa shape index (κ2) is 5.77. The summed E-state index contributed by atoms with van der Waals surface area (Å²) in [6.45, 7) is 3.08. The van der Waals surface area contributed by atoms with E-state index in [-0.39, 0.29) is 12.1 Å². The first-order valence-electron chi connectivity index (χ1n) is 5.44. The van der Waals surface area contributed by atoms with E-state index in [4.69, 9.17) is 5.73 Å². The number of hydrogen-bond donors (Lipinski definition) is 3. The van der Waals surface area contributed by atoms with Gasteiger partial charge in [0.15, 0.2) is 0 Å². The zero-order chi connectivity index (χ0) is 13.9. The number of hydrogen-bond acceptors (Lipinski definition) is 3. The molecule has 4 N–H and O–H groups in total. The summed E-state index contributed by atoms with van der Waals surface area (Å²) < 4.78 is 14.3. The van der Waals surface area contributed by atoms with Crippen LogP contribution in [-0.2, 0) is 10.4 Å². The van der Waals surface area contributed by atoms with Crippen LogP contribution in [0.2, 0.25) is 0 Å². The van der Waals surface area contributed by atoms with Gasteiger partial charge in [0.25, 0.3) is 0 Å². The van der Waals surface area contributed by atoms with Crippen LogP contribution in [0.3, 0.4) is 0 Å². The lowest BCUT2D eigenvalue weighted by atomic mass is 9.95. The fourth-order valence-electron chi connectivity index (χ4n) is 1.47. The number of carbonyl (C=O) groups is 1. The SMILES string of the molecule is C[C@H](NCC(C)(O)c1ccc(Br)cc1F)C(N)=O. The molecule has 4 nitrogen and oxygen atoms in total. The van der Waals surface area contributed by atoms with Gasteiger partial charge >= 0.3 is 0 Å². The molecule has 2 atom stereocenters. The quantitative estimate of drug-likeness (QED) is 0.765. The molecular formula is C12H16BrFN2O2. The third-order valence-electron chi connectivity index (χ3n) is 2.69. The fourth-order valence-corrected chi connectivity index (χ4v) is 1.81. The summed E-state index contributed by atoms with van der Waals surface area (Å²) in [6, 6.07) is 3.83. The first kappa shape index (κ1) is 15.1. The zero-order valence-electron chi connectivity index (χ0n) is 10.2. The maximum atomic E-state index is 13.7. The molecule has 1 aromatic rings. The van der Waals surface area contributed by atoms with Crippen molar-refractivity contribution >= 4 is 21.8 Å². The molecule has 1 amide bonds. The predicted octanol–water partition coefficient (Wildman–Crippen LogP) is 1.26. The average Bonchev–Trinajstić information content (AvgIpc) is 2.25. The number of benzene rings is 1. The Kier molecular flexibility index (Phi) is 4.84. The number of nitrogens with one attached hydrogen (secondary N) is 1. The molecule has 0 aromatic heterocycles. The van der Waals surface area contributed by atoms with Crippen molar-refractivity contribution in [1.29, 1.82) is 0 Å². The molecule has 1 unspecified atom stereocenters. The number of amides is 1. The number of carbonyl (C=O) groups excluding carboxylic acids is 1. The highest BCUT2D eigenvalue weighted by molar-refractivity contribution is 9.10. The molecule has 0 spiro atoms. The van der Waals surface area contributed by atoms with Crippen molar-refractivity contribution in [3.63, 3.8) is 0 Å². The van der Waals surface area contributed by atoms with Crippen molar-refractivity contribution in [2.45, 2.75) is 25.5 Å². The van der Waals surface area contributed by atoms with E-state index in [0.717, 1.165) is 0 Å². The molecule has 1 aromatic carbocycles. The molecule has 0 radical (unpaired) electrons. The van der Waals surface area contributed by atoms with Gasteiger partial charge in [0.2, 0.25) is 5.91 Å². The van der Waals surface area contributed by atoms with E-state index in [1.807, 2.05) is 0 Å². The second-order valence-corrected chi connectivity index (χ2v) is 5.32. The largest absolute Gasteiger partial charge is 0.384 e. The van der Waals surface area contributed by atoms with Gasteiger partial charge in [0.05, 0.1) is 6.04 Å². The van der Waals surface area contributed by atoms with E-state index in [0.29, 0.717) is 4.47 Å². The molecule has 0 bridgehead atoms. The Hall–Kier alpha value is -0.980. The molecule has 0 fully saturated rings. The minimum atomic E-state index is -1.42. The highest BCUT2D eigenvalue weighted by Crippen LogP contribution is 2.25. The smallest absolute Gasteiger partial charge is 0.234 e. The van der Waals surface area contributed by atoms with Gasteiger partial charge in [-0.05, 0) is 26.0 Å². The van der Waals surface area contributed by atoms with Gasteiger partial charge in [-0.3, -0.25) is 4.79 Å². The Morgan fingerprint density at radius 3 is 2.78 bits per heavy atom. The summed E-state index contributed by atoms with van der Waals surface area (Å²) in [7, 11) is 0. The van der Waals surface area contributed by atoms with Gasteiger partial charge in [-0.25, -0.2) is 4.39 Å². The Labute approximate surface area is 113 Å². The molecular weight excluding hydrogens is 303 g/mol. The average molecular weight is 319 g/mol. The van der Waals surface area contributed by atoms with Gasteiger partial charge in [0.1, 0.15) is 11.4 Å². The molecule has 100 valence electrons. The van der Waals surface area contributed by atoms with Gasteiger partial charge in [0, 0.05) is 16.6 Å². The highest BCUT2D eigenvalue weighted by atomic mass is 79.9. The number of aliphatic hydroxyl groups is 1.